The number of aliphatic hydroxyl groups is 1. The summed E-state index contributed by atoms with van der Waals surface area (Å²) >= 11 is 6.03. The number of methoxy groups -OCH3 is 1. The van der Waals surface area contributed by atoms with E-state index in [9.17, 15) is 9.90 Å². The predicted octanol–water partition coefficient (Wildman–Crippen LogP) is 0.958. The number of fused-ring (bicyclic) bond motifs is 2. The minimum atomic E-state index is -0.442. The first-order valence-corrected chi connectivity index (χ1v) is 5.25. The van der Waals surface area contributed by atoms with E-state index in [4.69, 9.17) is 11.6 Å². The maximum absolute atomic E-state index is 11.4. The Balaban J connectivity index is 2.16. The number of amides is 1. The summed E-state index contributed by atoms with van der Waals surface area (Å²) < 4.78 is 4.69. The van der Waals surface area contributed by atoms with Crippen molar-refractivity contribution in [3.05, 3.63) is 0 Å². The van der Waals surface area contributed by atoms with E-state index in [0.29, 0.717) is 12.8 Å². The Hall–Kier alpha value is -0.480. The van der Waals surface area contributed by atoms with Crippen molar-refractivity contribution >= 4 is 17.7 Å². The van der Waals surface area contributed by atoms with E-state index in [-0.39, 0.29) is 23.6 Å². The topological polar surface area (TPSA) is 49.8 Å². The Bertz CT molecular complexity index is 246. The molecule has 1 N–H and O–H groups in total. The van der Waals surface area contributed by atoms with Crippen LogP contribution < -0.4 is 0 Å². The second kappa shape index (κ2) is 3.59. The highest BCUT2D eigenvalue weighted by atomic mass is 35.5. The van der Waals surface area contributed by atoms with Crippen LogP contribution in [0.4, 0.5) is 4.79 Å². The number of hydrogen-bond acceptors (Lipinski definition) is 3. The normalized spacial score (nSPS) is 41.2. The first kappa shape index (κ1) is 10.1. The van der Waals surface area contributed by atoms with Crippen LogP contribution in [0.2, 0.25) is 0 Å². The summed E-state index contributed by atoms with van der Waals surface area (Å²) in [4.78, 5) is 13.1. The third-order valence-corrected chi connectivity index (χ3v) is 3.48. The van der Waals surface area contributed by atoms with Gasteiger partial charge in [0.25, 0.3) is 0 Å². The number of halogens is 1. The molecule has 80 valence electrons. The lowest BCUT2D eigenvalue weighted by molar-refractivity contribution is 0.0642. The minimum absolute atomic E-state index is 0.0544. The van der Waals surface area contributed by atoms with Gasteiger partial charge in [0.15, 0.2) is 0 Å². The maximum Gasteiger partial charge on any atom is 0.410 e. The SMILES string of the molecule is COC(=O)N1C2CC(Cl)CC1C(O)C2. The predicted molar refractivity (Wildman–Crippen MR) is 51.3 cm³/mol. The number of aliphatic hydroxyl groups excluding tert-OH is 1. The van der Waals surface area contributed by atoms with Gasteiger partial charge in [-0.2, -0.15) is 0 Å². The van der Waals surface area contributed by atoms with Crippen LogP contribution in [-0.4, -0.2) is 46.8 Å². The Morgan fingerprint density at radius 3 is 2.79 bits per heavy atom. The zero-order valence-corrected chi connectivity index (χ0v) is 8.78. The molecule has 0 saturated carbocycles. The van der Waals surface area contributed by atoms with Gasteiger partial charge in [-0.05, 0) is 19.3 Å². The molecule has 0 spiro atoms. The molecule has 0 aromatic heterocycles. The second-order valence-electron chi connectivity index (χ2n) is 3.97. The molecule has 2 aliphatic heterocycles. The van der Waals surface area contributed by atoms with Gasteiger partial charge in [0.1, 0.15) is 0 Å². The standard InChI is InChI=1S/C9H14ClNO3/c1-14-9(13)11-6-2-5(10)3-7(11)8(12)4-6/h5-8,12H,2-4H2,1H3. The molecule has 4 unspecified atom stereocenters. The van der Waals surface area contributed by atoms with Gasteiger partial charge >= 0.3 is 6.09 Å². The average Bonchev–Trinajstić information content (AvgIpc) is 2.34. The Morgan fingerprint density at radius 2 is 2.21 bits per heavy atom. The number of carbonyl (C=O) groups excluding carboxylic acids is 1. The van der Waals surface area contributed by atoms with E-state index < -0.39 is 6.10 Å². The summed E-state index contributed by atoms with van der Waals surface area (Å²) in [5.74, 6) is 0. The van der Waals surface area contributed by atoms with Crippen molar-refractivity contribution in [2.75, 3.05) is 7.11 Å². The first-order valence-electron chi connectivity index (χ1n) is 4.82. The van der Waals surface area contributed by atoms with Crippen molar-refractivity contribution in [3.63, 3.8) is 0 Å². The van der Waals surface area contributed by atoms with E-state index in [2.05, 4.69) is 4.74 Å². The van der Waals surface area contributed by atoms with Gasteiger partial charge in [0, 0.05) is 11.4 Å². The molecule has 0 aliphatic carbocycles. The monoisotopic (exact) mass is 219 g/mol. The van der Waals surface area contributed by atoms with Crippen molar-refractivity contribution in [2.45, 2.75) is 42.8 Å². The third-order valence-electron chi connectivity index (χ3n) is 3.12. The highest BCUT2D eigenvalue weighted by molar-refractivity contribution is 6.20. The zero-order chi connectivity index (χ0) is 10.3. The highest BCUT2D eigenvalue weighted by Crippen LogP contribution is 2.38. The van der Waals surface area contributed by atoms with Gasteiger partial charge in [-0.3, -0.25) is 4.90 Å². The molecule has 2 heterocycles. The Labute approximate surface area is 87.8 Å². The molecule has 2 fully saturated rings. The fourth-order valence-electron chi connectivity index (χ4n) is 2.53. The van der Waals surface area contributed by atoms with Crippen LogP contribution in [0.5, 0.6) is 0 Å². The van der Waals surface area contributed by atoms with Gasteiger partial charge in [-0.15, -0.1) is 11.6 Å². The molecule has 0 radical (unpaired) electrons. The van der Waals surface area contributed by atoms with Crippen molar-refractivity contribution < 1.29 is 14.6 Å². The van der Waals surface area contributed by atoms with E-state index in [1.54, 1.807) is 4.90 Å². The first-order chi connectivity index (χ1) is 6.63. The van der Waals surface area contributed by atoms with Crippen LogP contribution in [-0.2, 0) is 4.74 Å². The molecule has 2 bridgehead atoms. The number of rotatable bonds is 0. The van der Waals surface area contributed by atoms with E-state index in [0.717, 1.165) is 6.42 Å². The van der Waals surface area contributed by atoms with Crippen molar-refractivity contribution in [2.24, 2.45) is 0 Å². The molecule has 2 aliphatic rings. The van der Waals surface area contributed by atoms with Crippen LogP contribution in [0.15, 0.2) is 0 Å². The molecule has 2 rings (SSSR count). The van der Waals surface area contributed by atoms with E-state index in [1.165, 1.54) is 7.11 Å². The zero-order valence-electron chi connectivity index (χ0n) is 8.02. The summed E-state index contributed by atoms with van der Waals surface area (Å²) in [6.45, 7) is 0. The molecule has 4 nitrogen and oxygen atoms in total. The van der Waals surface area contributed by atoms with Crippen molar-refractivity contribution in [1.29, 1.82) is 0 Å². The smallest absolute Gasteiger partial charge is 0.410 e. The van der Waals surface area contributed by atoms with Crippen LogP contribution in [0.25, 0.3) is 0 Å². The number of alkyl halides is 1. The lowest BCUT2D eigenvalue weighted by atomic mass is 10.0. The van der Waals surface area contributed by atoms with Crippen molar-refractivity contribution in [1.82, 2.24) is 4.90 Å². The molecule has 0 aromatic carbocycles. The molecular formula is C9H14ClNO3. The number of nitrogens with zero attached hydrogens (tertiary/aromatic N) is 1. The lowest BCUT2D eigenvalue weighted by Gasteiger charge is -2.35. The van der Waals surface area contributed by atoms with Gasteiger partial charge in [-0.1, -0.05) is 0 Å². The summed E-state index contributed by atoms with van der Waals surface area (Å²) in [5, 5.41) is 9.80. The quantitative estimate of drug-likeness (QED) is 0.618. The maximum atomic E-state index is 11.4. The largest absolute Gasteiger partial charge is 0.453 e. The molecule has 14 heavy (non-hydrogen) atoms. The molecule has 1 amide bonds. The van der Waals surface area contributed by atoms with Crippen molar-refractivity contribution in [3.8, 4) is 0 Å². The van der Waals surface area contributed by atoms with Gasteiger partial charge < -0.3 is 9.84 Å². The molecule has 5 heteroatoms. The van der Waals surface area contributed by atoms with Gasteiger partial charge in [-0.25, -0.2) is 4.79 Å². The van der Waals surface area contributed by atoms with Crippen LogP contribution in [0, 0.1) is 0 Å². The Morgan fingerprint density at radius 1 is 1.50 bits per heavy atom. The highest BCUT2D eigenvalue weighted by Gasteiger charge is 2.48. The summed E-state index contributed by atoms with van der Waals surface area (Å²) in [7, 11) is 1.36. The Kier molecular flexibility index (Phi) is 2.58. The van der Waals surface area contributed by atoms with Gasteiger partial charge in [0.05, 0.1) is 19.3 Å². The summed E-state index contributed by atoms with van der Waals surface area (Å²) in [6.07, 6.45) is 1.25. The minimum Gasteiger partial charge on any atom is -0.453 e. The molecular weight excluding hydrogens is 206 g/mol. The third kappa shape index (κ3) is 1.46. The second-order valence-corrected chi connectivity index (χ2v) is 4.59. The average molecular weight is 220 g/mol. The fourth-order valence-corrected chi connectivity index (χ4v) is 2.92. The number of piperidine rings is 1. The molecule has 4 atom stereocenters. The number of ether oxygens (including phenoxy) is 1. The van der Waals surface area contributed by atoms with E-state index >= 15 is 0 Å². The molecule has 2 saturated heterocycles. The number of hydrogen-bond donors (Lipinski definition) is 1. The molecule has 0 aromatic rings. The van der Waals surface area contributed by atoms with Crippen LogP contribution in [0.1, 0.15) is 19.3 Å². The van der Waals surface area contributed by atoms with Crippen LogP contribution in [0.3, 0.4) is 0 Å². The lowest BCUT2D eigenvalue weighted by Crippen LogP contribution is -2.48. The van der Waals surface area contributed by atoms with E-state index in [1.807, 2.05) is 0 Å². The van der Waals surface area contributed by atoms with Crippen LogP contribution >= 0.6 is 11.6 Å². The fraction of sp³-hybridized carbons (Fsp3) is 0.889. The number of carbonyl (C=O) groups is 1. The van der Waals surface area contributed by atoms with Gasteiger partial charge in [0.2, 0.25) is 0 Å². The summed E-state index contributed by atoms with van der Waals surface area (Å²) in [6, 6.07) is -0.0950. The summed E-state index contributed by atoms with van der Waals surface area (Å²) in [5.41, 5.74) is 0.